The lowest BCUT2D eigenvalue weighted by Gasteiger charge is -2.11. The summed E-state index contributed by atoms with van der Waals surface area (Å²) in [6.45, 7) is 4.18. The second kappa shape index (κ2) is 5.07. The molecular weight excluding hydrogens is 234 g/mol. The number of rotatable bonds is 4. The first kappa shape index (κ1) is 11.8. The van der Waals surface area contributed by atoms with Gasteiger partial charge in [-0.25, -0.2) is 0 Å². The zero-order valence-corrected chi connectivity index (χ0v) is 10.0. The van der Waals surface area contributed by atoms with Crippen molar-refractivity contribution in [2.45, 2.75) is 12.6 Å². The van der Waals surface area contributed by atoms with Crippen LogP contribution in [0, 0.1) is 4.77 Å². The third-order valence-electron chi connectivity index (χ3n) is 2.46. The molecule has 88 valence electrons. The standard InChI is InChI=1S/C12H13N3OS/c1-2-8-15-11(13-14-12(15)17)10(16)9-6-4-3-5-7-9/h2-7,10,16H,1,8H2,(H,14,17). The van der Waals surface area contributed by atoms with Crippen molar-refractivity contribution in [1.82, 2.24) is 14.8 Å². The number of aromatic amines is 1. The topological polar surface area (TPSA) is 53.8 Å². The molecule has 1 aromatic heterocycles. The van der Waals surface area contributed by atoms with Gasteiger partial charge >= 0.3 is 0 Å². The maximum Gasteiger partial charge on any atom is 0.195 e. The highest BCUT2D eigenvalue weighted by Crippen LogP contribution is 2.19. The minimum absolute atomic E-state index is 0.481. The van der Waals surface area contributed by atoms with Crippen LogP contribution in [0.1, 0.15) is 17.5 Å². The minimum atomic E-state index is -0.788. The lowest BCUT2D eigenvalue weighted by atomic mass is 10.1. The van der Waals surface area contributed by atoms with Gasteiger partial charge in [0.25, 0.3) is 0 Å². The quantitative estimate of drug-likeness (QED) is 0.643. The van der Waals surface area contributed by atoms with E-state index in [1.54, 1.807) is 10.6 Å². The summed E-state index contributed by atoms with van der Waals surface area (Å²) in [6.07, 6.45) is 0.927. The number of aliphatic hydroxyl groups excluding tert-OH is 1. The van der Waals surface area contributed by atoms with Crippen LogP contribution in [-0.2, 0) is 6.54 Å². The largest absolute Gasteiger partial charge is 0.380 e. The fourth-order valence-electron chi connectivity index (χ4n) is 1.63. The van der Waals surface area contributed by atoms with E-state index in [4.69, 9.17) is 12.2 Å². The zero-order chi connectivity index (χ0) is 12.3. The van der Waals surface area contributed by atoms with E-state index in [1.807, 2.05) is 30.3 Å². The molecule has 1 aromatic carbocycles. The summed E-state index contributed by atoms with van der Waals surface area (Å²) < 4.78 is 2.20. The zero-order valence-electron chi connectivity index (χ0n) is 9.21. The number of aliphatic hydroxyl groups is 1. The first-order chi connectivity index (χ1) is 8.24. The van der Waals surface area contributed by atoms with Gasteiger partial charge in [0.05, 0.1) is 0 Å². The number of nitrogens with zero attached hydrogens (tertiary/aromatic N) is 2. The summed E-state index contributed by atoms with van der Waals surface area (Å²) >= 11 is 5.09. The number of H-pyrrole nitrogens is 1. The fraction of sp³-hybridized carbons (Fsp3) is 0.167. The van der Waals surface area contributed by atoms with Crippen molar-refractivity contribution >= 4 is 12.2 Å². The molecule has 0 aliphatic heterocycles. The van der Waals surface area contributed by atoms with Gasteiger partial charge in [0, 0.05) is 6.54 Å². The van der Waals surface area contributed by atoms with E-state index in [9.17, 15) is 5.11 Å². The van der Waals surface area contributed by atoms with Crippen molar-refractivity contribution in [2.24, 2.45) is 0 Å². The highest BCUT2D eigenvalue weighted by Gasteiger charge is 2.16. The molecule has 0 bridgehead atoms. The molecule has 1 heterocycles. The van der Waals surface area contributed by atoms with Gasteiger partial charge < -0.3 is 5.11 Å². The third kappa shape index (κ3) is 2.35. The van der Waals surface area contributed by atoms with Gasteiger partial charge in [-0.2, -0.15) is 5.10 Å². The summed E-state index contributed by atoms with van der Waals surface area (Å²) in [4.78, 5) is 0. The molecule has 0 amide bonds. The molecule has 0 aliphatic rings. The molecule has 1 unspecified atom stereocenters. The Bertz CT molecular complexity index is 559. The molecule has 4 nitrogen and oxygen atoms in total. The minimum Gasteiger partial charge on any atom is -0.380 e. The van der Waals surface area contributed by atoms with Gasteiger partial charge in [0.1, 0.15) is 6.10 Å². The second-order valence-corrected chi connectivity index (χ2v) is 3.99. The van der Waals surface area contributed by atoms with Crippen LogP contribution in [0.4, 0.5) is 0 Å². The van der Waals surface area contributed by atoms with Crippen molar-refractivity contribution in [1.29, 1.82) is 0 Å². The average molecular weight is 247 g/mol. The van der Waals surface area contributed by atoms with Crippen LogP contribution in [0.5, 0.6) is 0 Å². The SMILES string of the molecule is C=CCn1c(C(O)c2ccccc2)n[nH]c1=S. The molecule has 2 N–H and O–H groups in total. The number of nitrogens with one attached hydrogen (secondary N) is 1. The Balaban J connectivity index is 2.41. The predicted octanol–water partition coefficient (Wildman–Crippen LogP) is 2.21. The molecule has 2 rings (SSSR count). The first-order valence-electron chi connectivity index (χ1n) is 5.23. The molecule has 0 spiro atoms. The molecule has 0 fully saturated rings. The Morgan fingerprint density at radius 2 is 2.18 bits per heavy atom. The molecule has 0 aliphatic carbocycles. The van der Waals surface area contributed by atoms with Crippen LogP contribution in [0.3, 0.4) is 0 Å². The Labute approximate surface area is 104 Å². The Hall–Kier alpha value is -1.72. The molecule has 0 saturated carbocycles. The summed E-state index contributed by atoms with van der Waals surface area (Å²) in [7, 11) is 0. The van der Waals surface area contributed by atoms with E-state index in [0.29, 0.717) is 17.1 Å². The van der Waals surface area contributed by atoms with E-state index >= 15 is 0 Å². The lowest BCUT2D eigenvalue weighted by Crippen LogP contribution is -2.09. The van der Waals surface area contributed by atoms with Crippen molar-refractivity contribution in [2.75, 3.05) is 0 Å². The Kier molecular flexibility index (Phi) is 3.51. The highest BCUT2D eigenvalue weighted by atomic mass is 32.1. The van der Waals surface area contributed by atoms with Gasteiger partial charge in [-0.3, -0.25) is 9.67 Å². The van der Waals surface area contributed by atoms with Crippen molar-refractivity contribution in [3.05, 3.63) is 59.1 Å². The maximum atomic E-state index is 10.2. The van der Waals surface area contributed by atoms with E-state index in [-0.39, 0.29) is 0 Å². The molecule has 17 heavy (non-hydrogen) atoms. The van der Waals surface area contributed by atoms with E-state index in [2.05, 4.69) is 16.8 Å². The van der Waals surface area contributed by atoms with Crippen LogP contribution >= 0.6 is 12.2 Å². The molecule has 2 aromatic rings. The summed E-state index contributed by atoms with van der Waals surface area (Å²) in [5, 5.41) is 17.0. The Morgan fingerprint density at radius 3 is 2.82 bits per heavy atom. The second-order valence-electron chi connectivity index (χ2n) is 3.60. The number of hydrogen-bond donors (Lipinski definition) is 2. The van der Waals surface area contributed by atoms with Crippen molar-refractivity contribution in [3.63, 3.8) is 0 Å². The maximum absolute atomic E-state index is 10.2. The first-order valence-corrected chi connectivity index (χ1v) is 5.64. The van der Waals surface area contributed by atoms with Crippen LogP contribution in [-0.4, -0.2) is 19.9 Å². The monoisotopic (exact) mass is 247 g/mol. The van der Waals surface area contributed by atoms with Gasteiger partial charge in [-0.15, -0.1) is 6.58 Å². The molecule has 0 saturated heterocycles. The summed E-state index contributed by atoms with van der Waals surface area (Å²) in [6, 6.07) is 9.34. The number of benzene rings is 1. The van der Waals surface area contributed by atoms with Crippen LogP contribution < -0.4 is 0 Å². The van der Waals surface area contributed by atoms with Crippen LogP contribution in [0.25, 0.3) is 0 Å². The lowest BCUT2D eigenvalue weighted by molar-refractivity contribution is 0.205. The van der Waals surface area contributed by atoms with E-state index < -0.39 is 6.10 Å². The van der Waals surface area contributed by atoms with Gasteiger partial charge in [0.15, 0.2) is 10.6 Å². The van der Waals surface area contributed by atoms with Crippen molar-refractivity contribution < 1.29 is 5.11 Å². The van der Waals surface area contributed by atoms with Gasteiger partial charge in [0.2, 0.25) is 0 Å². The molecular formula is C12H13N3OS. The normalized spacial score (nSPS) is 12.3. The molecule has 5 heteroatoms. The van der Waals surface area contributed by atoms with Gasteiger partial charge in [-0.05, 0) is 17.8 Å². The fourth-order valence-corrected chi connectivity index (χ4v) is 1.84. The van der Waals surface area contributed by atoms with Gasteiger partial charge in [-0.1, -0.05) is 36.4 Å². The number of aromatic nitrogens is 3. The smallest absolute Gasteiger partial charge is 0.195 e. The molecule has 0 radical (unpaired) electrons. The summed E-state index contributed by atoms with van der Waals surface area (Å²) in [5.41, 5.74) is 0.784. The summed E-state index contributed by atoms with van der Waals surface area (Å²) in [5.74, 6) is 0.501. The number of allylic oxidation sites excluding steroid dienone is 1. The van der Waals surface area contributed by atoms with E-state index in [1.165, 1.54) is 0 Å². The predicted molar refractivity (Wildman–Crippen MR) is 68.1 cm³/mol. The van der Waals surface area contributed by atoms with Crippen LogP contribution in [0.2, 0.25) is 0 Å². The van der Waals surface area contributed by atoms with Crippen LogP contribution in [0.15, 0.2) is 43.0 Å². The average Bonchev–Trinajstić information content (AvgIpc) is 2.72. The third-order valence-corrected chi connectivity index (χ3v) is 2.77. The van der Waals surface area contributed by atoms with Crippen molar-refractivity contribution in [3.8, 4) is 0 Å². The number of hydrogen-bond acceptors (Lipinski definition) is 3. The highest BCUT2D eigenvalue weighted by molar-refractivity contribution is 7.71. The molecule has 1 atom stereocenters. The Morgan fingerprint density at radius 1 is 1.47 bits per heavy atom. The van der Waals surface area contributed by atoms with E-state index in [0.717, 1.165) is 5.56 Å².